The van der Waals surface area contributed by atoms with Gasteiger partial charge in [0, 0.05) is 5.54 Å². The van der Waals surface area contributed by atoms with Crippen LogP contribution in [0, 0.1) is 0 Å². The summed E-state index contributed by atoms with van der Waals surface area (Å²) in [5.74, 6) is 0. The molecule has 2 rings (SSSR count). The maximum Gasteiger partial charge on any atom is 0.0156 e. The first kappa shape index (κ1) is 10.4. The molecule has 0 aromatic heterocycles. The van der Waals surface area contributed by atoms with Gasteiger partial charge in [-0.3, -0.25) is 0 Å². The van der Waals surface area contributed by atoms with E-state index in [2.05, 4.69) is 4.90 Å². The van der Waals surface area contributed by atoms with Gasteiger partial charge in [-0.25, -0.2) is 0 Å². The topological polar surface area (TPSA) is 29.3 Å². The standard InChI is InChI=1S/C12H24N2/c13-12(7-8-12)6-5-11-14-9-3-1-2-4-10-14/h1-11,13H2. The summed E-state index contributed by atoms with van der Waals surface area (Å²) in [6.07, 6.45) is 10.8. The fraction of sp³-hybridized carbons (Fsp3) is 1.00. The van der Waals surface area contributed by atoms with Crippen molar-refractivity contribution in [2.75, 3.05) is 19.6 Å². The van der Waals surface area contributed by atoms with Crippen molar-refractivity contribution in [1.29, 1.82) is 0 Å². The average molecular weight is 196 g/mol. The molecule has 2 aliphatic rings. The number of hydrogen-bond acceptors (Lipinski definition) is 2. The molecule has 82 valence electrons. The molecule has 2 nitrogen and oxygen atoms in total. The first-order valence-electron chi connectivity index (χ1n) is 6.30. The van der Waals surface area contributed by atoms with Crippen molar-refractivity contribution >= 4 is 0 Å². The zero-order valence-electron chi connectivity index (χ0n) is 9.30. The molecule has 0 aromatic rings. The number of hydrogen-bond donors (Lipinski definition) is 1. The van der Waals surface area contributed by atoms with Gasteiger partial charge in [0.05, 0.1) is 0 Å². The lowest BCUT2D eigenvalue weighted by molar-refractivity contribution is 0.274. The van der Waals surface area contributed by atoms with Gasteiger partial charge in [-0.15, -0.1) is 0 Å². The largest absolute Gasteiger partial charge is 0.325 e. The lowest BCUT2D eigenvalue weighted by atomic mass is 10.1. The lowest BCUT2D eigenvalue weighted by Gasteiger charge is -2.20. The zero-order valence-corrected chi connectivity index (χ0v) is 9.30. The molecule has 1 aliphatic carbocycles. The SMILES string of the molecule is NC1(CCCN2CCCCCC2)CC1. The van der Waals surface area contributed by atoms with E-state index in [0.717, 1.165) is 0 Å². The minimum atomic E-state index is 0.270. The molecular weight excluding hydrogens is 172 g/mol. The third kappa shape index (κ3) is 3.25. The second-order valence-electron chi connectivity index (χ2n) is 5.22. The van der Waals surface area contributed by atoms with Crippen molar-refractivity contribution in [3.8, 4) is 0 Å². The van der Waals surface area contributed by atoms with Gasteiger partial charge in [0.1, 0.15) is 0 Å². The maximum absolute atomic E-state index is 6.07. The van der Waals surface area contributed by atoms with Gasteiger partial charge in [0.25, 0.3) is 0 Å². The van der Waals surface area contributed by atoms with Gasteiger partial charge in [0.15, 0.2) is 0 Å². The van der Waals surface area contributed by atoms with Crippen molar-refractivity contribution < 1.29 is 0 Å². The van der Waals surface area contributed by atoms with Gasteiger partial charge in [-0.05, 0) is 58.2 Å². The minimum Gasteiger partial charge on any atom is -0.325 e. The van der Waals surface area contributed by atoms with E-state index in [9.17, 15) is 0 Å². The molecule has 1 saturated carbocycles. The summed E-state index contributed by atoms with van der Waals surface area (Å²) in [6, 6.07) is 0. The maximum atomic E-state index is 6.07. The van der Waals surface area contributed by atoms with Crippen molar-refractivity contribution in [3.63, 3.8) is 0 Å². The van der Waals surface area contributed by atoms with Crippen LogP contribution in [-0.2, 0) is 0 Å². The second kappa shape index (κ2) is 4.63. The van der Waals surface area contributed by atoms with Crippen LogP contribution in [-0.4, -0.2) is 30.1 Å². The molecule has 0 spiro atoms. The summed E-state index contributed by atoms with van der Waals surface area (Å²) < 4.78 is 0. The smallest absolute Gasteiger partial charge is 0.0156 e. The Kier molecular flexibility index (Phi) is 3.45. The summed E-state index contributed by atoms with van der Waals surface area (Å²) in [6.45, 7) is 3.95. The third-order valence-electron chi connectivity index (χ3n) is 3.74. The summed E-state index contributed by atoms with van der Waals surface area (Å²) in [4.78, 5) is 2.64. The Labute approximate surface area is 87.8 Å². The molecule has 2 N–H and O–H groups in total. The lowest BCUT2D eigenvalue weighted by Crippen LogP contribution is -2.28. The average Bonchev–Trinajstić information content (AvgIpc) is 2.92. The molecule has 0 atom stereocenters. The predicted octanol–water partition coefficient (Wildman–Crippen LogP) is 2.13. The van der Waals surface area contributed by atoms with E-state index in [1.807, 2.05) is 0 Å². The van der Waals surface area contributed by atoms with E-state index in [1.54, 1.807) is 0 Å². The van der Waals surface area contributed by atoms with Crippen LogP contribution in [0.2, 0.25) is 0 Å². The second-order valence-corrected chi connectivity index (χ2v) is 5.22. The van der Waals surface area contributed by atoms with Gasteiger partial charge in [-0.1, -0.05) is 12.8 Å². The highest BCUT2D eigenvalue weighted by atomic mass is 15.1. The van der Waals surface area contributed by atoms with Crippen LogP contribution in [0.4, 0.5) is 0 Å². The number of nitrogens with two attached hydrogens (primary N) is 1. The van der Waals surface area contributed by atoms with Gasteiger partial charge in [-0.2, -0.15) is 0 Å². The van der Waals surface area contributed by atoms with E-state index in [0.29, 0.717) is 0 Å². The van der Waals surface area contributed by atoms with E-state index < -0.39 is 0 Å². The third-order valence-corrected chi connectivity index (χ3v) is 3.74. The van der Waals surface area contributed by atoms with Crippen LogP contribution in [0.3, 0.4) is 0 Å². The highest BCUT2D eigenvalue weighted by Crippen LogP contribution is 2.36. The molecule has 0 aromatic carbocycles. The van der Waals surface area contributed by atoms with Gasteiger partial charge >= 0.3 is 0 Å². The fourth-order valence-corrected chi connectivity index (χ4v) is 2.43. The Morgan fingerprint density at radius 2 is 1.64 bits per heavy atom. The monoisotopic (exact) mass is 196 g/mol. The van der Waals surface area contributed by atoms with Crippen LogP contribution in [0.15, 0.2) is 0 Å². The van der Waals surface area contributed by atoms with E-state index in [1.165, 1.54) is 71.0 Å². The van der Waals surface area contributed by atoms with Crippen LogP contribution in [0.5, 0.6) is 0 Å². The van der Waals surface area contributed by atoms with Crippen LogP contribution >= 0.6 is 0 Å². The molecule has 0 unspecified atom stereocenters. The van der Waals surface area contributed by atoms with E-state index in [4.69, 9.17) is 5.73 Å². The first-order chi connectivity index (χ1) is 6.79. The summed E-state index contributed by atoms with van der Waals surface area (Å²) in [5, 5.41) is 0. The summed E-state index contributed by atoms with van der Waals surface area (Å²) >= 11 is 0. The van der Waals surface area contributed by atoms with Gasteiger partial charge < -0.3 is 10.6 Å². The number of nitrogens with zero attached hydrogens (tertiary/aromatic N) is 1. The Hall–Kier alpha value is -0.0800. The predicted molar refractivity (Wildman–Crippen MR) is 60.3 cm³/mol. The zero-order chi connectivity index (χ0) is 9.86. The summed E-state index contributed by atoms with van der Waals surface area (Å²) in [5.41, 5.74) is 6.34. The molecule has 0 bridgehead atoms. The molecule has 1 heterocycles. The van der Waals surface area contributed by atoms with Crippen molar-refractivity contribution in [3.05, 3.63) is 0 Å². The molecule has 1 saturated heterocycles. The van der Waals surface area contributed by atoms with E-state index >= 15 is 0 Å². The van der Waals surface area contributed by atoms with Crippen molar-refractivity contribution in [2.24, 2.45) is 5.73 Å². The Morgan fingerprint density at radius 1 is 1.00 bits per heavy atom. The number of likely N-dealkylation sites (tertiary alicyclic amines) is 1. The Balaban J connectivity index is 1.59. The molecular formula is C12H24N2. The van der Waals surface area contributed by atoms with Crippen LogP contribution < -0.4 is 5.73 Å². The summed E-state index contributed by atoms with van der Waals surface area (Å²) in [7, 11) is 0. The quantitative estimate of drug-likeness (QED) is 0.746. The highest BCUT2D eigenvalue weighted by molar-refractivity contribution is 4.98. The fourth-order valence-electron chi connectivity index (χ4n) is 2.43. The molecule has 2 fully saturated rings. The molecule has 2 heteroatoms. The number of rotatable bonds is 4. The Bertz CT molecular complexity index is 167. The van der Waals surface area contributed by atoms with Crippen LogP contribution in [0.25, 0.3) is 0 Å². The minimum absolute atomic E-state index is 0.270. The molecule has 0 amide bonds. The van der Waals surface area contributed by atoms with Crippen molar-refractivity contribution in [1.82, 2.24) is 4.90 Å². The molecule has 0 radical (unpaired) electrons. The first-order valence-corrected chi connectivity index (χ1v) is 6.30. The van der Waals surface area contributed by atoms with Crippen molar-refractivity contribution in [2.45, 2.75) is 56.9 Å². The molecule has 14 heavy (non-hydrogen) atoms. The normalized spacial score (nSPS) is 27.2. The van der Waals surface area contributed by atoms with Crippen LogP contribution in [0.1, 0.15) is 51.4 Å². The van der Waals surface area contributed by atoms with E-state index in [-0.39, 0.29) is 5.54 Å². The highest BCUT2D eigenvalue weighted by Gasteiger charge is 2.37. The van der Waals surface area contributed by atoms with Gasteiger partial charge in [0.2, 0.25) is 0 Å². The molecule has 1 aliphatic heterocycles. The Morgan fingerprint density at radius 3 is 2.21 bits per heavy atom.